The van der Waals surface area contributed by atoms with Crippen LogP contribution in [0.15, 0.2) is 17.2 Å². The molecular weight excluding hydrogens is 336 g/mol. The number of aryl methyl sites for hydroxylation is 1. The molecule has 2 aliphatic rings. The molecule has 2 fully saturated rings. The summed E-state index contributed by atoms with van der Waals surface area (Å²) < 4.78 is 6.66. The Bertz CT molecular complexity index is 707. The molecule has 0 radical (unpaired) electrons. The molecule has 8 heteroatoms. The molecular formula is C18H26N4O4. The number of ether oxygens (including phenoxy) is 1. The van der Waals surface area contributed by atoms with Crippen LogP contribution in [0.5, 0.6) is 0 Å². The fourth-order valence-corrected chi connectivity index (χ4v) is 3.14. The summed E-state index contributed by atoms with van der Waals surface area (Å²) in [5.74, 6) is 0.307. The van der Waals surface area contributed by atoms with Gasteiger partial charge in [-0.15, -0.1) is 0 Å². The second kappa shape index (κ2) is 8.44. The second-order valence-corrected chi connectivity index (χ2v) is 7.07. The summed E-state index contributed by atoms with van der Waals surface area (Å²) in [7, 11) is 1.60. The minimum Gasteiger partial charge on any atom is -0.381 e. The highest BCUT2D eigenvalue weighted by atomic mass is 16.5. The Balaban J connectivity index is 1.47. The van der Waals surface area contributed by atoms with Crippen LogP contribution in [0.3, 0.4) is 0 Å². The van der Waals surface area contributed by atoms with Crippen LogP contribution in [-0.2, 0) is 16.6 Å². The zero-order valence-electron chi connectivity index (χ0n) is 15.1. The van der Waals surface area contributed by atoms with Gasteiger partial charge in [-0.25, -0.2) is 4.98 Å². The van der Waals surface area contributed by atoms with Gasteiger partial charge in [-0.05, 0) is 31.6 Å². The van der Waals surface area contributed by atoms with Crippen molar-refractivity contribution in [3.63, 3.8) is 0 Å². The smallest absolute Gasteiger partial charge is 0.274 e. The molecule has 26 heavy (non-hydrogen) atoms. The summed E-state index contributed by atoms with van der Waals surface area (Å²) >= 11 is 0. The molecule has 1 aliphatic heterocycles. The van der Waals surface area contributed by atoms with E-state index in [-0.39, 0.29) is 29.1 Å². The number of aromatic nitrogens is 2. The molecule has 0 bridgehead atoms. The molecule has 2 amide bonds. The zero-order valence-corrected chi connectivity index (χ0v) is 15.1. The van der Waals surface area contributed by atoms with E-state index in [2.05, 4.69) is 10.3 Å². The third-order valence-electron chi connectivity index (χ3n) is 4.92. The molecule has 1 N–H and O–H groups in total. The van der Waals surface area contributed by atoms with E-state index in [1.807, 2.05) is 0 Å². The highest BCUT2D eigenvalue weighted by Crippen LogP contribution is 2.27. The maximum absolute atomic E-state index is 12.7. The van der Waals surface area contributed by atoms with Crippen LogP contribution >= 0.6 is 0 Å². The van der Waals surface area contributed by atoms with Gasteiger partial charge >= 0.3 is 0 Å². The number of carbonyl (C=O) groups is 2. The summed E-state index contributed by atoms with van der Waals surface area (Å²) in [6.07, 6.45) is 6.92. The van der Waals surface area contributed by atoms with Crippen molar-refractivity contribution in [1.82, 2.24) is 19.8 Å². The maximum Gasteiger partial charge on any atom is 0.274 e. The Labute approximate surface area is 152 Å². The van der Waals surface area contributed by atoms with Crippen LogP contribution in [0.25, 0.3) is 0 Å². The number of carbonyl (C=O) groups excluding carboxylic acids is 2. The summed E-state index contributed by atoms with van der Waals surface area (Å²) in [6.45, 7) is 2.42. The number of amides is 2. The molecule has 1 aromatic rings. The first-order chi connectivity index (χ1) is 12.5. The van der Waals surface area contributed by atoms with E-state index in [4.69, 9.17) is 4.74 Å². The minimum atomic E-state index is -0.251. The Kier molecular flexibility index (Phi) is 6.03. The predicted molar refractivity (Wildman–Crippen MR) is 94.7 cm³/mol. The third kappa shape index (κ3) is 4.91. The van der Waals surface area contributed by atoms with Gasteiger partial charge in [0.15, 0.2) is 0 Å². The number of rotatable bonds is 8. The average Bonchev–Trinajstić information content (AvgIpc) is 3.33. The Morgan fingerprint density at radius 2 is 2.19 bits per heavy atom. The van der Waals surface area contributed by atoms with Crippen molar-refractivity contribution in [1.29, 1.82) is 0 Å². The van der Waals surface area contributed by atoms with Crippen LogP contribution in [0.1, 0.15) is 42.6 Å². The van der Waals surface area contributed by atoms with Crippen molar-refractivity contribution in [3.05, 3.63) is 28.4 Å². The SMILES string of the molecule is Cn1cc(C(=O)N(CCNC(=O)CCC2CCOC2)C2CC2)ncc1=O. The van der Waals surface area contributed by atoms with E-state index in [0.29, 0.717) is 25.4 Å². The fourth-order valence-electron chi connectivity index (χ4n) is 3.14. The van der Waals surface area contributed by atoms with Crippen molar-refractivity contribution in [3.8, 4) is 0 Å². The molecule has 1 aliphatic carbocycles. The van der Waals surface area contributed by atoms with E-state index in [1.54, 1.807) is 11.9 Å². The van der Waals surface area contributed by atoms with Gasteiger partial charge in [0.2, 0.25) is 5.91 Å². The zero-order chi connectivity index (χ0) is 18.5. The molecule has 1 saturated carbocycles. The summed E-state index contributed by atoms with van der Waals surface area (Å²) in [6, 6.07) is 0.203. The van der Waals surface area contributed by atoms with Gasteiger partial charge in [0.25, 0.3) is 11.5 Å². The van der Waals surface area contributed by atoms with Crippen molar-refractivity contribution in [2.45, 2.75) is 38.1 Å². The molecule has 142 valence electrons. The first-order valence-electron chi connectivity index (χ1n) is 9.22. The van der Waals surface area contributed by atoms with E-state index in [1.165, 1.54) is 10.8 Å². The summed E-state index contributed by atoms with van der Waals surface area (Å²) in [4.78, 5) is 41.8. The molecule has 0 aromatic carbocycles. The van der Waals surface area contributed by atoms with Crippen molar-refractivity contribution >= 4 is 11.8 Å². The van der Waals surface area contributed by atoms with E-state index in [9.17, 15) is 14.4 Å². The second-order valence-electron chi connectivity index (χ2n) is 7.07. The fraction of sp³-hybridized carbons (Fsp3) is 0.667. The Morgan fingerprint density at radius 3 is 2.85 bits per heavy atom. The van der Waals surface area contributed by atoms with Crippen LogP contribution < -0.4 is 10.9 Å². The monoisotopic (exact) mass is 362 g/mol. The summed E-state index contributed by atoms with van der Waals surface area (Å²) in [5.41, 5.74) is 0.00556. The van der Waals surface area contributed by atoms with Gasteiger partial charge in [0, 0.05) is 52.0 Å². The van der Waals surface area contributed by atoms with Gasteiger partial charge < -0.3 is 19.5 Å². The van der Waals surface area contributed by atoms with Gasteiger partial charge in [-0.1, -0.05) is 0 Å². The number of hydrogen-bond donors (Lipinski definition) is 1. The number of nitrogens with one attached hydrogen (secondary N) is 1. The van der Waals surface area contributed by atoms with Gasteiger partial charge in [-0.3, -0.25) is 14.4 Å². The van der Waals surface area contributed by atoms with E-state index < -0.39 is 0 Å². The largest absolute Gasteiger partial charge is 0.381 e. The third-order valence-corrected chi connectivity index (χ3v) is 4.92. The first kappa shape index (κ1) is 18.6. The molecule has 1 unspecified atom stereocenters. The highest BCUT2D eigenvalue weighted by Gasteiger charge is 2.33. The molecule has 0 spiro atoms. The van der Waals surface area contributed by atoms with Crippen LogP contribution in [-0.4, -0.2) is 58.6 Å². The quantitative estimate of drug-likeness (QED) is 0.719. The Morgan fingerprint density at radius 1 is 1.38 bits per heavy atom. The standard InChI is InChI=1S/C18H26N4O4/c1-21-11-15(20-10-17(21)24)18(25)22(14-3-4-14)8-7-19-16(23)5-2-13-6-9-26-12-13/h10-11,13-14H,2-9,12H2,1H3,(H,19,23). The lowest BCUT2D eigenvalue weighted by molar-refractivity contribution is -0.121. The number of hydrogen-bond acceptors (Lipinski definition) is 5. The van der Waals surface area contributed by atoms with Crippen molar-refractivity contribution in [2.24, 2.45) is 13.0 Å². The van der Waals surface area contributed by atoms with Crippen LogP contribution in [0.2, 0.25) is 0 Å². The molecule has 3 rings (SSSR count). The molecule has 2 heterocycles. The van der Waals surface area contributed by atoms with Gasteiger partial charge in [-0.2, -0.15) is 0 Å². The topological polar surface area (TPSA) is 93.5 Å². The van der Waals surface area contributed by atoms with Gasteiger partial charge in [0.05, 0.1) is 6.20 Å². The molecule has 1 atom stereocenters. The molecule has 1 saturated heterocycles. The normalized spacial score (nSPS) is 19.3. The number of nitrogens with zero attached hydrogens (tertiary/aromatic N) is 3. The lowest BCUT2D eigenvalue weighted by Crippen LogP contribution is -2.40. The average molecular weight is 362 g/mol. The molecule has 1 aromatic heterocycles. The minimum absolute atomic E-state index is 0.0142. The summed E-state index contributed by atoms with van der Waals surface area (Å²) in [5, 5.41) is 2.90. The molecule has 8 nitrogen and oxygen atoms in total. The lowest BCUT2D eigenvalue weighted by atomic mass is 10.0. The van der Waals surface area contributed by atoms with Crippen molar-refractivity contribution in [2.75, 3.05) is 26.3 Å². The van der Waals surface area contributed by atoms with Crippen LogP contribution in [0.4, 0.5) is 0 Å². The lowest BCUT2D eigenvalue weighted by Gasteiger charge is -2.22. The highest BCUT2D eigenvalue weighted by molar-refractivity contribution is 5.92. The van der Waals surface area contributed by atoms with E-state index in [0.717, 1.165) is 45.1 Å². The van der Waals surface area contributed by atoms with Crippen molar-refractivity contribution < 1.29 is 14.3 Å². The van der Waals surface area contributed by atoms with E-state index >= 15 is 0 Å². The maximum atomic E-state index is 12.7. The predicted octanol–water partition coefficient (Wildman–Crippen LogP) is 0.318. The first-order valence-corrected chi connectivity index (χ1v) is 9.22. The Hall–Kier alpha value is -2.22. The van der Waals surface area contributed by atoms with Crippen LogP contribution in [0, 0.1) is 5.92 Å². The van der Waals surface area contributed by atoms with Gasteiger partial charge in [0.1, 0.15) is 5.69 Å².